The van der Waals surface area contributed by atoms with Gasteiger partial charge in [0.25, 0.3) is 0 Å². The highest BCUT2D eigenvalue weighted by Gasteiger charge is 2.16. The maximum Gasteiger partial charge on any atom is 0.122 e. The molecule has 18 heavy (non-hydrogen) atoms. The second kappa shape index (κ2) is 5.84. The Morgan fingerprint density at radius 3 is 2.28 bits per heavy atom. The fourth-order valence-corrected chi connectivity index (χ4v) is 2.58. The van der Waals surface area contributed by atoms with E-state index in [4.69, 9.17) is 9.47 Å². The molecule has 4 nitrogen and oxygen atoms in total. The minimum Gasteiger partial charge on any atom is -0.497 e. The van der Waals surface area contributed by atoms with Crippen molar-refractivity contribution in [3.8, 4) is 11.5 Å². The van der Waals surface area contributed by atoms with E-state index in [9.17, 15) is 0 Å². The number of methoxy groups -OCH3 is 2. The van der Waals surface area contributed by atoms with Gasteiger partial charge in [0.1, 0.15) is 16.5 Å². The standard InChI is InChI=1S/C13H16N2O2S/c1-14-12(13-15-4-5-18-13)9-6-10(16-2)8-11(7-9)17-3/h4-8,12,14H,1-3H3. The number of thiazole rings is 1. The first kappa shape index (κ1) is 12.9. The molecule has 96 valence electrons. The summed E-state index contributed by atoms with van der Waals surface area (Å²) in [4.78, 5) is 4.35. The van der Waals surface area contributed by atoms with Crippen LogP contribution in [0.15, 0.2) is 29.8 Å². The number of benzene rings is 1. The smallest absolute Gasteiger partial charge is 0.122 e. The third-order valence-corrected chi connectivity index (χ3v) is 3.53. The van der Waals surface area contributed by atoms with Crippen molar-refractivity contribution in [3.63, 3.8) is 0 Å². The van der Waals surface area contributed by atoms with Crippen molar-refractivity contribution in [2.45, 2.75) is 6.04 Å². The van der Waals surface area contributed by atoms with Crippen LogP contribution in [0.2, 0.25) is 0 Å². The number of aromatic nitrogens is 1. The average molecular weight is 264 g/mol. The van der Waals surface area contributed by atoms with Crippen LogP contribution in [0.3, 0.4) is 0 Å². The minimum absolute atomic E-state index is 0.0500. The maximum absolute atomic E-state index is 5.28. The second-order valence-corrected chi connectivity index (χ2v) is 4.66. The van der Waals surface area contributed by atoms with Gasteiger partial charge in [0, 0.05) is 17.6 Å². The zero-order valence-corrected chi connectivity index (χ0v) is 11.5. The summed E-state index contributed by atoms with van der Waals surface area (Å²) in [5, 5.41) is 6.25. The molecule has 0 bridgehead atoms. The van der Waals surface area contributed by atoms with E-state index in [-0.39, 0.29) is 6.04 Å². The SMILES string of the molecule is CNC(c1cc(OC)cc(OC)c1)c1nccs1. The molecular weight excluding hydrogens is 248 g/mol. The van der Waals surface area contributed by atoms with Gasteiger partial charge in [-0.2, -0.15) is 0 Å². The molecule has 1 unspecified atom stereocenters. The molecule has 0 aliphatic carbocycles. The van der Waals surface area contributed by atoms with Gasteiger partial charge in [-0.3, -0.25) is 0 Å². The van der Waals surface area contributed by atoms with Crippen LogP contribution in [0, 0.1) is 0 Å². The molecule has 0 saturated heterocycles. The van der Waals surface area contributed by atoms with Gasteiger partial charge in [0.2, 0.25) is 0 Å². The van der Waals surface area contributed by atoms with Crippen molar-refractivity contribution in [3.05, 3.63) is 40.3 Å². The van der Waals surface area contributed by atoms with E-state index < -0.39 is 0 Å². The maximum atomic E-state index is 5.28. The predicted molar refractivity (Wildman–Crippen MR) is 72.6 cm³/mol. The molecule has 2 aromatic rings. The fourth-order valence-electron chi connectivity index (χ4n) is 1.81. The number of ether oxygens (including phenoxy) is 2. The van der Waals surface area contributed by atoms with Crippen LogP contribution in [-0.4, -0.2) is 26.3 Å². The topological polar surface area (TPSA) is 43.4 Å². The van der Waals surface area contributed by atoms with Gasteiger partial charge in [0.15, 0.2) is 0 Å². The molecule has 2 rings (SSSR count). The summed E-state index contributed by atoms with van der Waals surface area (Å²) in [6.45, 7) is 0. The first-order valence-electron chi connectivity index (χ1n) is 5.58. The van der Waals surface area contributed by atoms with E-state index in [0.29, 0.717) is 0 Å². The lowest BCUT2D eigenvalue weighted by molar-refractivity contribution is 0.392. The van der Waals surface area contributed by atoms with Crippen LogP contribution in [0.5, 0.6) is 11.5 Å². The van der Waals surface area contributed by atoms with Gasteiger partial charge in [-0.25, -0.2) is 4.98 Å². The van der Waals surface area contributed by atoms with E-state index in [0.717, 1.165) is 22.1 Å². The molecule has 0 saturated carbocycles. The summed E-state index contributed by atoms with van der Waals surface area (Å²) < 4.78 is 10.6. The van der Waals surface area contributed by atoms with Crippen molar-refractivity contribution in [2.24, 2.45) is 0 Å². The number of nitrogens with zero attached hydrogens (tertiary/aromatic N) is 1. The summed E-state index contributed by atoms with van der Waals surface area (Å²) in [6.07, 6.45) is 1.81. The largest absolute Gasteiger partial charge is 0.497 e. The summed E-state index contributed by atoms with van der Waals surface area (Å²) in [7, 11) is 5.21. The van der Waals surface area contributed by atoms with Crippen LogP contribution in [-0.2, 0) is 0 Å². The number of hydrogen-bond acceptors (Lipinski definition) is 5. The van der Waals surface area contributed by atoms with E-state index in [1.54, 1.807) is 25.6 Å². The molecule has 1 aromatic heterocycles. The monoisotopic (exact) mass is 264 g/mol. The molecule has 0 amide bonds. The minimum atomic E-state index is 0.0500. The predicted octanol–water partition coefficient (Wildman–Crippen LogP) is 2.47. The van der Waals surface area contributed by atoms with Crippen molar-refractivity contribution < 1.29 is 9.47 Å². The molecule has 0 aliphatic rings. The number of hydrogen-bond donors (Lipinski definition) is 1. The highest BCUT2D eigenvalue weighted by Crippen LogP contribution is 2.30. The molecule has 0 radical (unpaired) electrons. The third-order valence-electron chi connectivity index (χ3n) is 2.69. The Morgan fingerprint density at radius 1 is 1.17 bits per heavy atom. The Kier molecular flexibility index (Phi) is 4.17. The highest BCUT2D eigenvalue weighted by atomic mass is 32.1. The summed E-state index contributed by atoms with van der Waals surface area (Å²) in [6, 6.07) is 5.89. The van der Waals surface area contributed by atoms with Crippen molar-refractivity contribution >= 4 is 11.3 Å². The van der Waals surface area contributed by atoms with Crippen molar-refractivity contribution in [1.29, 1.82) is 0 Å². The lowest BCUT2D eigenvalue weighted by atomic mass is 10.1. The Bertz CT molecular complexity index is 477. The lowest BCUT2D eigenvalue weighted by Gasteiger charge is -2.16. The van der Waals surface area contributed by atoms with Gasteiger partial charge in [-0.1, -0.05) is 0 Å². The third kappa shape index (κ3) is 2.63. The highest BCUT2D eigenvalue weighted by molar-refractivity contribution is 7.09. The summed E-state index contributed by atoms with van der Waals surface area (Å²) in [5.41, 5.74) is 1.07. The van der Waals surface area contributed by atoms with E-state index in [1.165, 1.54) is 0 Å². The molecular formula is C13H16N2O2S. The Balaban J connectivity index is 2.41. The van der Waals surface area contributed by atoms with Crippen LogP contribution < -0.4 is 14.8 Å². The Hall–Kier alpha value is -1.59. The Morgan fingerprint density at radius 2 is 1.83 bits per heavy atom. The van der Waals surface area contributed by atoms with E-state index in [1.807, 2.05) is 36.8 Å². The van der Waals surface area contributed by atoms with Crippen LogP contribution in [0.1, 0.15) is 16.6 Å². The second-order valence-electron chi connectivity index (χ2n) is 3.74. The molecule has 0 spiro atoms. The molecule has 1 N–H and O–H groups in total. The van der Waals surface area contributed by atoms with Gasteiger partial charge >= 0.3 is 0 Å². The Labute approximate surface area is 111 Å². The number of nitrogens with one attached hydrogen (secondary N) is 1. The molecule has 1 aromatic carbocycles. The fraction of sp³-hybridized carbons (Fsp3) is 0.308. The summed E-state index contributed by atoms with van der Waals surface area (Å²) >= 11 is 1.62. The van der Waals surface area contributed by atoms with Gasteiger partial charge in [0.05, 0.1) is 20.3 Å². The zero-order valence-electron chi connectivity index (χ0n) is 10.6. The summed E-state index contributed by atoms with van der Waals surface area (Å²) in [5.74, 6) is 1.56. The van der Waals surface area contributed by atoms with Crippen LogP contribution >= 0.6 is 11.3 Å². The first-order chi connectivity index (χ1) is 8.78. The van der Waals surface area contributed by atoms with Crippen LogP contribution in [0.4, 0.5) is 0 Å². The zero-order chi connectivity index (χ0) is 13.0. The number of rotatable bonds is 5. The van der Waals surface area contributed by atoms with Crippen molar-refractivity contribution in [1.82, 2.24) is 10.3 Å². The molecule has 0 fully saturated rings. The van der Waals surface area contributed by atoms with E-state index in [2.05, 4.69) is 10.3 Å². The van der Waals surface area contributed by atoms with Gasteiger partial charge in [-0.05, 0) is 24.7 Å². The average Bonchev–Trinajstić information content (AvgIpc) is 2.93. The van der Waals surface area contributed by atoms with Gasteiger partial charge < -0.3 is 14.8 Å². The van der Waals surface area contributed by atoms with Gasteiger partial charge in [-0.15, -0.1) is 11.3 Å². The lowest BCUT2D eigenvalue weighted by Crippen LogP contribution is -2.17. The van der Waals surface area contributed by atoms with Crippen LogP contribution in [0.25, 0.3) is 0 Å². The quantitative estimate of drug-likeness (QED) is 0.901. The van der Waals surface area contributed by atoms with Crippen molar-refractivity contribution in [2.75, 3.05) is 21.3 Å². The normalized spacial score (nSPS) is 12.2. The van der Waals surface area contributed by atoms with E-state index >= 15 is 0 Å². The molecule has 5 heteroatoms. The molecule has 1 heterocycles. The first-order valence-corrected chi connectivity index (χ1v) is 6.46. The molecule has 0 aliphatic heterocycles. The molecule has 1 atom stereocenters.